The number of carbonyl (C=O) groups is 1. The van der Waals surface area contributed by atoms with E-state index >= 15 is 0 Å². The van der Waals surface area contributed by atoms with Crippen molar-refractivity contribution in [2.24, 2.45) is 0 Å². The molecule has 0 bridgehead atoms. The second kappa shape index (κ2) is 6.57. The Kier molecular flexibility index (Phi) is 5.06. The molecule has 3 nitrogen and oxygen atoms in total. The van der Waals surface area contributed by atoms with E-state index in [2.05, 4.69) is 33.2 Å². The zero-order chi connectivity index (χ0) is 13.0. The van der Waals surface area contributed by atoms with Gasteiger partial charge in [-0.3, -0.25) is 9.78 Å². The van der Waals surface area contributed by atoms with E-state index < -0.39 is 0 Å². The van der Waals surface area contributed by atoms with Crippen LogP contribution >= 0.6 is 27.7 Å². The summed E-state index contributed by atoms with van der Waals surface area (Å²) >= 11 is 5.31. The van der Waals surface area contributed by atoms with Crippen LogP contribution in [-0.4, -0.2) is 27.9 Å². The molecular formula is C13H17BrN2OS. The Morgan fingerprint density at radius 2 is 2.44 bits per heavy atom. The van der Waals surface area contributed by atoms with Crippen LogP contribution in [0.5, 0.6) is 0 Å². The molecule has 1 amide bonds. The predicted octanol–water partition coefficient (Wildman–Crippen LogP) is 3.25. The number of hydrogen-bond acceptors (Lipinski definition) is 3. The molecule has 1 aromatic rings. The Bertz CT molecular complexity index is 427. The van der Waals surface area contributed by atoms with Gasteiger partial charge >= 0.3 is 0 Å². The lowest BCUT2D eigenvalue weighted by atomic mass is 10.2. The van der Waals surface area contributed by atoms with Gasteiger partial charge in [-0.25, -0.2) is 0 Å². The first-order valence-corrected chi connectivity index (χ1v) is 8.08. The molecular weight excluding hydrogens is 312 g/mol. The second-order valence-corrected chi connectivity index (χ2v) is 6.73. The summed E-state index contributed by atoms with van der Waals surface area (Å²) in [6.45, 7) is 2.17. The predicted molar refractivity (Wildman–Crippen MR) is 79.0 cm³/mol. The summed E-state index contributed by atoms with van der Waals surface area (Å²) in [5, 5.41) is 3.72. The fraction of sp³-hybridized carbons (Fsp3) is 0.538. The molecule has 0 saturated heterocycles. The summed E-state index contributed by atoms with van der Waals surface area (Å²) in [6, 6.07) is 2.05. The maximum Gasteiger partial charge on any atom is 0.252 e. The zero-order valence-corrected chi connectivity index (χ0v) is 12.8. The fourth-order valence-electron chi connectivity index (χ4n) is 2.31. The largest absolute Gasteiger partial charge is 0.348 e. The molecule has 0 radical (unpaired) electrons. The number of nitrogens with zero attached hydrogens (tertiary/aromatic N) is 1. The Morgan fingerprint density at radius 1 is 1.61 bits per heavy atom. The number of nitrogens with one attached hydrogen (secondary N) is 1. The standard InChI is InChI=1S/C13H17BrN2OS/c1-2-18-12-5-3-4-11(12)16-13(17)9-6-7-15-8-10(9)14/h6-8,11-12H,2-5H2,1H3,(H,16,17)/t11-,12+/m1/s1. The fourth-order valence-corrected chi connectivity index (χ4v) is 3.94. The van der Waals surface area contributed by atoms with E-state index in [1.807, 2.05) is 11.8 Å². The number of thioether (sulfide) groups is 1. The molecule has 0 aromatic carbocycles. The minimum Gasteiger partial charge on any atom is -0.348 e. The smallest absolute Gasteiger partial charge is 0.252 e. The minimum absolute atomic E-state index is 0.00196. The zero-order valence-electron chi connectivity index (χ0n) is 10.4. The van der Waals surface area contributed by atoms with E-state index in [0.717, 1.165) is 16.6 Å². The quantitative estimate of drug-likeness (QED) is 0.922. The highest BCUT2D eigenvalue weighted by Gasteiger charge is 2.28. The van der Waals surface area contributed by atoms with Crippen LogP contribution in [0.3, 0.4) is 0 Å². The van der Waals surface area contributed by atoms with Crippen molar-refractivity contribution < 1.29 is 4.79 Å². The molecule has 1 aromatic heterocycles. The molecule has 5 heteroatoms. The van der Waals surface area contributed by atoms with Crippen LogP contribution in [-0.2, 0) is 0 Å². The van der Waals surface area contributed by atoms with Crippen LogP contribution < -0.4 is 5.32 Å². The molecule has 98 valence electrons. The van der Waals surface area contributed by atoms with Crippen molar-refractivity contribution in [2.45, 2.75) is 37.5 Å². The molecule has 1 N–H and O–H groups in total. The van der Waals surface area contributed by atoms with Gasteiger partial charge < -0.3 is 5.32 Å². The van der Waals surface area contributed by atoms with Gasteiger partial charge in [0.25, 0.3) is 5.91 Å². The normalized spacial score (nSPS) is 23.0. The highest BCUT2D eigenvalue weighted by atomic mass is 79.9. The summed E-state index contributed by atoms with van der Waals surface area (Å²) < 4.78 is 0.750. The van der Waals surface area contributed by atoms with E-state index in [1.54, 1.807) is 18.5 Å². The first-order valence-electron chi connectivity index (χ1n) is 6.24. The van der Waals surface area contributed by atoms with Gasteiger partial charge in [0.2, 0.25) is 0 Å². The number of halogens is 1. The van der Waals surface area contributed by atoms with Crippen molar-refractivity contribution in [2.75, 3.05) is 5.75 Å². The van der Waals surface area contributed by atoms with Crippen LogP contribution in [0.2, 0.25) is 0 Å². The molecule has 0 aliphatic heterocycles. The van der Waals surface area contributed by atoms with Crippen LogP contribution in [0.15, 0.2) is 22.9 Å². The van der Waals surface area contributed by atoms with Crippen molar-refractivity contribution in [1.82, 2.24) is 10.3 Å². The molecule has 0 spiro atoms. The number of rotatable bonds is 4. The maximum atomic E-state index is 12.2. The number of hydrogen-bond donors (Lipinski definition) is 1. The Balaban J connectivity index is 2.01. The summed E-state index contributed by atoms with van der Waals surface area (Å²) in [7, 11) is 0. The number of carbonyl (C=O) groups excluding carboxylic acids is 1. The molecule has 0 unspecified atom stereocenters. The topological polar surface area (TPSA) is 42.0 Å². The molecule has 1 aliphatic rings. The van der Waals surface area contributed by atoms with Crippen molar-refractivity contribution in [1.29, 1.82) is 0 Å². The van der Waals surface area contributed by atoms with E-state index in [9.17, 15) is 4.79 Å². The average molecular weight is 329 g/mol. The third-order valence-corrected chi connectivity index (χ3v) is 5.12. The minimum atomic E-state index is -0.00196. The number of amides is 1. The first kappa shape index (κ1) is 13.9. The van der Waals surface area contributed by atoms with Gasteiger partial charge in [-0.1, -0.05) is 13.3 Å². The van der Waals surface area contributed by atoms with Gasteiger partial charge in [-0.15, -0.1) is 0 Å². The van der Waals surface area contributed by atoms with E-state index in [-0.39, 0.29) is 5.91 Å². The van der Waals surface area contributed by atoms with Gasteiger partial charge in [-0.05, 0) is 40.6 Å². The highest BCUT2D eigenvalue weighted by molar-refractivity contribution is 9.10. The van der Waals surface area contributed by atoms with Gasteiger partial charge in [0.1, 0.15) is 0 Å². The van der Waals surface area contributed by atoms with Crippen molar-refractivity contribution in [3.8, 4) is 0 Å². The van der Waals surface area contributed by atoms with Crippen molar-refractivity contribution in [3.05, 3.63) is 28.5 Å². The number of aromatic nitrogens is 1. The Hall–Kier alpha value is -0.550. The summed E-state index contributed by atoms with van der Waals surface area (Å²) in [4.78, 5) is 16.2. The second-order valence-electron chi connectivity index (χ2n) is 4.36. The van der Waals surface area contributed by atoms with Gasteiger partial charge in [0.15, 0.2) is 0 Å². The van der Waals surface area contributed by atoms with Crippen molar-refractivity contribution >= 4 is 33.6 Å². The molecule has 1 aliphatic carbocycles. The van der Waals surface area contributed by atoms with Crippen LogP contribution in [0.1, 0.15) is 36.5 Å². The van der Waals surface area contributed by atoms with Gasteiger partial charge in [-0.2, -0.15) is 11.8 Å². The molecule has 18 heavy (non-hydrogen) atoms. The van der Waals surface area contributed by atoms with Crippen LogP contribution in [0.25, 0.3) is 0 Å². The summed E-state index contributed by atoms with van der Waals surface area (Å²) in [5.74, 6) is 1.11. The maximum absolute atomic E-state index is 12.2. The SMILES string of the molecule is CCS[C@H]1CCC[C@H]1NC(=O)c1ccncc1Br. The summed E-state index contributed by atoms with van der Waals surface area (Å²) in [6.07, 6.45) is 6.81. The number of pyridine rings is 1. The van der Waals surface area contributed by atoms with E-state index in [4.69, 9.17) is 0 Å². The Morgan fingerprint density at radius 3 is 3.17 bits per heavy atom. The van der Waals surface area contributed by atoms with Gasteiger partial charge in [0, 0.05) is 28.2 Å². The van der Waals surface area contributed by atoms with E-state index in [1.165, 1.54) is 12.8 Å². The lowest BCUT2D eigenvalue weighted by molar-refractivity contribution is 0.0938. The molecule has 2 rings (SSSR count). The first-order chi connectivity index (χ1) is 8.72. The highest BCUT2D eigenvalue weighted by Crippen LogP contribution is 2.30. The molecule has 1 heterocycles. The average Bonchev–Trinajstić information content (AvgIpc) is 2.78. The van der Waals surface area contributed by atoms with Crippen LogP contribution in [0.4, 0.5) is 0 Å². The Labute approximate surface area is 120 Å². The molecule has 2 atom stereocenters. The molecule has 1 saturated carbocycles. The van der Waals surface area contributed by atoms with Gasteiger partial charge in [0.05, 0.1) is 5.56 Å². The molecule has 1 fully saturated rings. The monoisotopic (exact) mass is 328 g/mol. The third kappa shape index (κ3) is 3.26. The van der Waals surface area contributed by atoms with Crippen molar-refractivity contribution in [3.63, 3.8) is 0 Å². The lowest BCUT2D eigenvalue weighted by Crippen LogP contribution is -2.38. The van der Waals surface area contributed by atoms with E-state index in [0.29, 0.717) is 16.9 Å². The third-order valence-electron chi connectivity index (χ3n) is 3.17. The van der Waals surface area contributed by atoms with Crippen LogP contribution in [0, 0.1) is 0 Å². The lowest BCUT2D eigenvalue weighted by Gasteiger charge is -2.20. The summed E-state index contributed by atoms with van der Waals surface area (Å²) in [5.41, 5.74) is 0.664.